The van der Waals surface area contributed by atoms with E-state index in [1.165, 1.54) is 12.1 Å². The van der Waals surface area contributed by atoms with E-state index in [-0.39, 0.29) is 23.6 Å². The molecular weight excluding hydrogens is 251 g/mol. The van der Waals surface area contributed by atoms with Crippen LogP contribution in [0.4, 0.5) is 4.39 Å². The second-order valence-corrected chi connectivity index (χ2v) is 4.70. The molecule has 4 N–H and O–H groups in total. The van der Waals surface area contributed by atoms with E-state index in [2.05, 4.69) is 5.32 Å². The van der Waals surface area contributed by atoms with Gasteiger partial charge >= 0.3 is 5.97 Å². The lowest BCUT2D eigenvalue weighted by molar-refractivity contribution is -0.140. The predicted molar refractivity (Wildman–Crippen MR) is 65.9 cm³/mol. The highest BCUT2D eigenvalue weighted by molar-refractivity contribution is 5.92. The normalized spacial score (nSPS) is 16.1. The van der Waals surface area contributed by atoms with Gasteiger partial charge in [0.05, 0.1) is 0 Å². The fourth-order valence-corrected chi connectivity index (χ4v) is 1.97. The van der Waals surface area contributed by atoms with Crippen molar-refractivity contribution in [3.63, 3.8) is 0 Å². The Bertz CT molecular complexity index is 515. The second kappa shape index (κ2) is 5.36. The molecule has 1 saturated carbocycles. The predicted octanol–water partition coefficient (Wildman–Crippen LogP) is 0.877. The summed E-state index contributed by atoms with van der Waals surface area (Å²) < 4.78 is 13.6. The summed E-state index contributed by atoms with van der Waals surface area (Å²) in [6, 6.07) is 3.13. The van der Waals surface area contributed by atoms with Crippen molar-refractivity contribution in [2.75, 3.05) is 0 Å². The minimum atomic E-state index is -0.936. The van der Waals surface area contributed by atoms with Crippen LogP contribution in [0.15, 0.2) is 18.2 Å². The molecule has 5 nitrogen and oxygen atoms in total. The molecule has 1 aliphatic carbocycles. The molecule has 0 aromatic heterocycles. The zero-order valence-electron chi connectivity index (χ0n) is 10.2. The van der Waals surface area contributed by atoms with Gasteiger partial charge in [-0.3, -0.25) is 14.9 Å². The van der Waals surface area contributed by atoms with Gasteiger partial charge in [-0.15, -0.1) is 0 Å². The maximum Gasteiger partial charge on any atom is 0.320 e. The molecule has 0 bridgehead atoms. The number of carbonyl (C=O) groups is 2. The number of primary amides is 1. The lowest BCUT2D eigenvalue weighted by atomic mass is 10.1. The molecule has 1 fully saturated rings. The summed E-state index contributed by atoms with van der Waals surface area (Å²) in [5, 5.41) is 11.9. The zero-order valence-corrected chi connectivity index (χ0v) is 10.2. The first-order valence-electron chi connectivity index (χ1n) is 6.03. The van der Waals surface area contributed by atoms with Gasteiger partial charge in [0.1, 0.15) is 11.9 Å². The minimum absolute atomic E-state index is 0.0560. The summed E-state index contributed by atoms with van der Waals surface area (Å²) in [6.07, 6.45) is 1.74. The Labute approximate surface area is 109 Å². The monoisotopic (exact) mass is 266 g/mol. The molecular formula is C13H15FN2O3. The van der Waals surface area contributed by atoms with Crippen LogP contribution in [0.2, 0.25) is 0 Å². The number of aliphatic carboxylic acids is 1. The average Bonchev–Trinajstić information content (AvgIpc) is 3.15. The van der Waals surface area contributed by atoms with E-state index in [0.29, 0.717) is 0 Å². The second-order valence-electron chi connectivity index (χ2n) is 4.70. The highest BCUT2D eigenvalue weighted by Crippen LogP contribution is 2.32. The minimum Gasteiger partial charge on any atom is -0.480 e. The lowest BCUT2D eigenvalue weighted by Crippen LogP contribution is -2.38. The van der Waals surface area contributed by atoms with E-state index in [9.17, 15) is 14.0 Å². The molecule has 0 saturated heterocycles. The van der Waals surface area contributed by atoms with E-state index in [1.54, 1.807) is 0 Å². The first-order valence-corrected chi connectivity index (χ1v) is 6.03. The van der Waals surface area contributed by atoms with Crippen molar-refractivity contribution in [2.24, 2.45) is 11.7 Å². The highest BCUT2D eigenvalue weighted by Gasteiger charge is 2.35. The third-order valence-electron chi connectivity index (χ3n) is 3.20. The van der Waals surface area contributed by atoms with Crippen molar-refractivity contribution >= 4 is 11.9 Å². The van der Waals surface area contributed by atoms with Gasteiger partial charge < -0.3 is 10.8 Å². The first kappa shape index (κ1) is 13.5. The average molecular weight is 266 g/mol. The number of carboxylic acid groups (broad SMARTS) is 1. The third kappa shape index (κ3) is 3.29. The van der Waals surface area contributed by atoms with Crippen LogP contribution in [-0.2, 0) is 11.3 Å². The molecule has 1 amide bonds. The summed E-state index contributed by atoms with van der Waals surface area (Å²) in [7, 11) is 0. The van der Waals surface area contributed by atoms with Gasteiger partial charge in [-0.25, -0.2) is 4.39 Å². The Kier molecular flexibility index (Phi) is 3.80. The van der Waals surface area contributed by atoms with Crippen LogP contribution in [0, 0.1) is 11.7 Å². The Hall–Kier alpha value is -1.95. The Morgan fingerprint density at radius 2 is 2.16 bits per heavy atom. The smallest absolute Gasteiger partial charge is 0.320 e. The maximum atomic E-state index is 13.6. The van der Waals surface area contributed by atoms with Gasteiger partial charge in [0.15, 0.2) is 0 Å². The molecule has 0 aliphatic heterocycles. The zero-order chi connectivity index (χ0) is 14.0. The van der Waals surface area contributed by atoms with Crippen LogP contribution in [0.5, 0.6) is 0 Å². The van der Waals surface area contributed by atoms with Gasteiger partial charge in [0.2, 0.25) is 5.91 Å². The molecule has 102 valence electrons. The van der Waals surface area contributed by atoms with Gasteiger partial charge in [-0.2, -0.15) is 0 Å². The number of amides is 1. The molecule has 1 aromatic rings. The number of nitrogens with one attached hydrogen (secondary N) is 1. The van der Waals surface area contributed by atoms with Gasteiger partial charge in [-0.05, 0) is 37.0 Å². The number of hydrogen-bond donors (Lipinski definition) is 3. The van der Waals surface area contributed by atoms with Gasteiger partial charge in [0, 0.05) is 17.7 Å². The summed E-state index contributed by atoms with van der Waals surface area (Å²) in [6.45, 7) is 0.0560. The summed E-state index contributed by atoms with van der Waals surface area (Å²) in [4.78, 5) is 22.0. The first-order chi connectivity index (χ1) is 8.99. The summed E-state index contributed by atoms with van der Waals surface area (Å²) in [5.41, 5.74) is 5.56. The van der Waals surface area contributed by atoms with E-state index in [1.807, 2.05) is 0 Å². The van der Waals surface area contributed by atoms with E-state index in [4.69, 9.17) is 10.8 Å². The van der Waals surface area contributed by atoms with Crippen LogP contribution >= 0.6 is 0 Å². The van der Waals surface area contributed by atoms with E-state index < -0.39 is 23.7 Å². The molecule has 1 atom stereocenters. The number of halogens is 1. The summed E-state index contributed by atoms with van der Waals surface area (Å²) in [5.74, 6) is -1.95. The number of benzene rings is 1. The fraction of sp³-hybridized carbons (Fsp3) is 0.385. The van der Waals surface area contributed by atoms with Crippen molar-refractivity contribution < 1.29 is 19.1 Å². The quantitative estimate of drug-likeness (QED) is 0.712. The molecule has 1 unspecified atom stereocenters. The van der Waals surface area contributed by atoms with Crippen molar-refractivity contribution in [1.82, 2.24) is 5.32 Å². The Balaban J connectivity index is 2.07. The van der Waals surface area contributed by atoms with Gasteiger partial charge in [-0.1, -0.05) is 0 Å². The highest BCUT2D eigenvalue weighted by atomic mass is 19.1. The molecule has 6 heteroatoms. The van der Waals surface area contributed by atoms with Crippen molar-refractivity contribution in [2.45, 2.75) is 25.4 Å². The molecule has 0 radical (unpaired) electrons. The van der Waals surface area contributed by atoms with Crippen LogP contribution in [0.3, 0.4) is 0 Å². The van der Waals surface area contributed by atoms with Crippen molar-refractivity contribution in [3.8, 4) is 0 Å². The standard InChI is InChI=1S/C13H15FN2O3/c14-10-4-3-8(12(15)17)5-9(10)6-16-11(13(18)19)7-1-2-7/h3-5,7,11,16H,1-2,6H2,(H2,15,17)(H,18,19). The van der Waals surface area contributed by atoms with E-state index >= 15 is 0 Å². The number of carbonyl (C=O) groups excluding carboxylic acids is 1. The largest absolute Gasteiger partial charge is 0.480 e. The number of nitrogens with two attached hydrogens (primary N) is 1. The van der Waals surface area contributed by atoms with Crippen LogP contribution in [0.1, 0.15) is 28.8 Å². The molecule has 2 rings (SSSR count). The van der Waals surface area contributed by atoms with Gasteiger partial charge in [0.25, 0.3) is 0 Å². The SMILES string of the molecule is NC(=O)c1ccc(F)c(CNC(C(=O)O)C2CC2)c1. The van der Waals surface area contributed by atoms with Crippen LogP contribution in [0.25, 0.3) is 0 Å². The lowest BCUT2D eigenvalue weighted by Gasteiger charge is -2.14. The maximum absolute atomic E-state index is 13.6. The molecule has 1 aliphatic rings. The Morgan fingerprint density at radius 3 is 2.68 bits per heavy atom. The molecule has 0 spiro atoms. The van der Waals surface area contributed by atoms with Crippen molar-refractivity contribution in [3.05, 3.63) is 35.1 Å². The fourth-order valence-electron chi connectivity index (χ4n) is 1.97. The molecule has 0 heterocycles. The molecule has 19 heavy (non-hydrogen) atoms. The van der Waals surface area contributed by atoms with Crippen molar-refractivity contribution in [1.29, 1.82) is 0 Å². The third-order valence-corrected chi connectivity index (χ3v) is 3.20. The Morgan fingerprint density at radius 1 is 1.47 bits per heavy atom. The number of carboxylic acids is 1. The van der Waals surface area contributed by atoms with Crippen LogP contribution in [-0.4, -0.2) is 23.0 Å². The molecule has 1 aromatic carbocycles. The van der Waals surface area contributed by atoms with E-state index in [0.717, 1.165) is 18.9 Å². The number of hydrogen-bond acceptors (Lipinski definition) is 3. The summed E-state index contributed by atoms with van der Waals surface area (Å²) >= 11 is 0. The van der Waals surface area contributed by atoms with Crippen LogP contribution < -0.4 is 11.1 Å². The topological polar surface area (TPSA) is 92.4 Å². The number of rotatable bonds is 6.